The van der Waals surface area contributed by atoms with Crippen molar-refractivity contribution in [1.82, 2.24) is 9.78 Å². The van der Waals surface area contributed by atoms with Crippen molar-refractivity contribution >= 4 is 17.3 Å². The van der Waals surface area contributed by atoms with Crippen molar-refractivity contribution in [1.29, 1.82) is 0 Å². The molecular weight excluding hydrogens is 288 g/mol. The first-order valence-corrected chi connectivity index (χ1v) is 8.27. The van der Waals surface area contributed by atoms with Gasteiger partial charge in [0.2, 0.25) is 0 Å². The fourth-order valence-electron chi connectivity index (χ4n) is 3.16. The van der Waals surface area contributed by atoms with Gasteiger partial charge >= 0.3 is 0 Å². The lowest BCUT2D eigenvalue weighted by Crippen LogP contribution is -2.41. The van der Waals surface area contributed by atoms with Gasteiger partial charge in [-0.3, -0.25) is 4.79 Å². The zero-order valence-electron chi connectivity index (χ0n) is 12.3. The van der Waals surface area contributed by atoms with Crippen LogP contribution in [0.4, 0.5) is 5.69 Å². The van der Waals surface area contributed by atoms with E-state index in [0.29, 0.717) is 29.1 Å². The summed E-state index contributed by atoms with van der Waals surface area (Å²) in [5.74, 6) is 1.18. The summed E-state index contributed by atoms with van der Waals surface area (Å²) < 4.78 is 1.59. The van der Waals surface area contributed by atoms with E-state index in [4.69, 9.17) is 17.3 Å². The topological polar surface area (TPSA) is 64.2 Å². The molecule has 1 atom stereocenters. The van der Waals surface area contributed by atoms with Gasteiger partial charge in [0.05, 0.1) is 11.2 Å². The quantitative estimate of drug-likeness (QED) is 0.902. The molecule has 116 valence electrons. The van der Waals surface area contributed by atoms with E-state index >= 15 is 0 Å². The maximum atomic E-state index is 12.7. The Labute approximate surface area is 130 Å². The molecule has 1 aliphatic heterocycles. The van der Waals surface area contributed by atoms with Crippen LogP contribution < -0.4 is 16.2 Å². The summed E-state index contributed by atoms with van der Waals surface area (Å²) in [5.41, 5.74) is 6.26. The second kappa shape index (κ2) is 6.36. The van der Waals surface area contributed by atoms with E-state index in [2.05, 4.69) is 10.00 Å². The number of nitrogens with two attached hydrogens (primary N) is 1. The molecule has 0 amide bonds. The summed E-state index contributed by atoms with van der Waals surface area (Å²) in [6.45, 7) is 3.20. The molecule has 1 saturated carbocycles. The number of aromatic nitrogens is 2. The highest BCUT2D eigenvalue weighted by Gasteiger charge is 2.27. The zero-order chi connectivity index (χ0) is 14.8. The van der Waals surface area contributed by atoms with E-state index < -0.39 is 0 Å². The molecule has 0 bridgehead atoms. The third-order valence-corrected chi connectivity index (χ3v) is 4.79. The molecule has 1 aromatic rings. The van der Waals surface area contributed by atoms with E-state index in [-0.39, 0.29) is 5.56 Å². The number of hydrogen-bond acceptors (Lipinski definition) is 4. The molecule has 2 fully saturated rings. The lowest BCUT2D eigenvalue weighted by Gasteiger charge is -2.34. The van der Waals surface area contributed by atoms with Crippen LogP contribution >= 0.6 is 11.6 Å². The van der Waals surface area contributed by atoms with Crippen LogP contribution in [0.25, 0.3) is 0 Å². The van der Waals surface area contributed by atoms with Gasteiger partial charge in [-0.1, -0.05) is 11.6 Å². The van der Waals surface area contributed by atoms with Crippen molar-refractivity contribution in [3.8, 4) is 0 Å². The van der Waals surface area contributed by atoms with Crippen molar-refractivity contribution in [2.45, 2.75) is 38.6 Å². The average Bonchev–Trinajstić information content (AvgIpc) is 3.27. The summed E-state index contributed by atoms with van der Waals surface area (Å²) in [6.07, 6.45) is 7.31. The summed E-state index contributed by atoms with van der Waals surface area (Å²) >= 11 is 6.27. The minimum atomic E-state index is -0.0391. The summed E-state index contributed by atoms with van der Waals surface area (Å²) in [4.78, 5) is 14.8. The lowest BCUT2D eigenvalue weighted by atomic mass is 9.94. The van der Waals surface area contributed by atoms with Crippen LogP contribution in [-0.4, -0.2) is 29.4 Å². The van der Waals surface area contributed by atoms with Crippen LogP contribution in [0.2, 0.25) is 5.02 Å². The molecule has 2 aliphatic rings. The van der Waals surface area contributed by atoms with Crippen molar-refractivity contribution in [2.75, 3.05) is 24.5 Å². The SMILES string of the molecule is NCCC1CCCN(c2c(Cl)cnn(CC3CC3)c2=O)C1. The molecule has 21 heavy (non-hydrogen) atoms. The predicted octanol–water partition coefficient (Wildman–Crippen LogP) is 1.87. The minimum Gasteiger partial charge on any atom is -0.365 e. The monoisotopic (exact) mass is 310 g/mol. The Morgan fingerprint density at radius 2 is 2.14 bits per heavy atom. The Morgan fingerprint density at radius 3 is 2.86 bits per heavy atom. The van der Waals surface area contributed by atoms with Gasteiger partial charge in [0.25, 0.3) is 5.56 Å². The highest BCUT2D eigenvalue weighted by Crippen LogP contribution is 2.31. The third-order valence-electron chi connectivity index (χ3n) is 4.51. The zero-order valence-corrected chi connectivity index (χ0v) is 13.1. The first kappa shape index (κ1) is 14.9. The Balaban J connectivity index is 1.84. The first-order valence-electron chi connectivity index (χ1n) is 7.89. The summed E-state index contributed by atoms with van der Waals surface area (Å²) in [7, 11) is 0. The van der Waals surface area contributed by atoms with Gasteiger partial charge in [-0.15, -0.1) is 0 Å². The highest BCUT2D eigenvalue weighted by atomic mass is 35.5. The number of halogens is 1. The fraction of sp³-hybridized carbons (Fsp3) is 0.733. The fourth-order valence-corrected chi connectivity index (χ4v) is 3.40. The van der Waals surface area contributed by atoms with E-state index in [9.17, 15) is 4.79 Å². The normalized spacial score (nSPS) is 22.6. The van der Waals surface area contributed by atoms with E-state index in [1.165, 1.54) is 19.3 Å². The molecule has 1 aliphatic carbocycles. The lowest BCUT2D eigenvalue weighted by molar-refractivity contribution is 0.394. The molecule has 6 heteroatoms. The van der Waals surface area contributed by atoms with E-state index in [1.807, 2.05) is 0 Å². The summed E-state index contributed by atoms with van der Waals surface area (Å²) in [5, 5.41) is 4.67. The largest absolute Gasteiger partial charge is 0.365 e. The van der Waals surface area contributed by atoms with Crippen molar-refractivity contribution in [3.63, 3.8) is 0 Å². The molecule has 3 rings (SSSR count). The standard InChI is InChI=1S/C15H23ClN4O/c16-13-8-18-20(10-12-3-4-12)15(21)14(13)19-7-1-2-11(9-19)5-6-17/h8,11-12H,1-7,9-10,17H2. The Bertz CT molecular complexity index is 553. The molecule has 1 unspecified atom stereocenters. The van der Waals surface area contributed by atoms with Gasteiger partial charge in [-0.2, -0.15) is 5.10 Å². The van der Waals surface area contributed by atoms with E-state index in [1.54, 1.807) is 10.9 Å². The molecule has 0 radical (unpaired) electrons. The van der Waals surface area contributed by atoms with Crippen LogP contribution in [0.15, 0.2) is 11.0 Å². The number of rotatable bonds is 5. The number of hydrogen-bond donors (Lipinski definition) is 1. The van der Waals surface area contributed by atoms with Crippen molar-refractivity contribution in [3.05, 3.63) is 21.6 Å². The van der Waals surface area contributed by atoms with Crippen LogP contribution in [0.3, 0.4) is 0 Å². The molecule has 2 N–H and O–H groups in total. The summed E-state index contributed by atoms with van der Waals surface area (Å²) in [6, 6.07) is 0. The smallest absolute Gasteiger partial charge is 0.291 e. The Hall–Kier alpha value is -1.07. The Kier molecular flexibility index (Phi) is 4.50. The van der Waals surface area contributed by atoms with Crippen LogP contribution in [0, 0.1) is 11.8 Å². The molecule has 5 nitrogen and oxygen atoms in total. The average molecular weight is 311 g/mol. The Morgan fingerprint density at radius 1 is 1.33 bits per heavy atom. The van der Waals surface area contributed by atoms with Crippen molar-refractivity contribution < 1.29 is 0 Å². The van der Waals surface area contributed by atoms with E-state index in [0.717, 1.165) is 32.5 Å². The van der Waals surface area contributed by atoms with Gasteiger partial charge in [0, 0.05) is 19.6 Å². The number of nitrogens with zero attached hydrogens (tertiary/aromatic N) is 3. The molecule has 0 spiro atoms. The number of anilines is 1. The van der Waals surface area contributed by atoms with Gasteiger partial charge in [0.1, 0.15) is 5.69 Å². The molecule has 1 aromatic heterocycles. The van der Waals surface area contributed by atoms with Crippen LogP contribution in [-0.2, 0) is 6.54 Å². The molecule has 1 saturated heterocycles. The third kappa shape index (κ3) is 3.40. The minimum absolute atomic E-state index is 0.0391. The van der Waals surface area contributed by atoms with Crippen molar-refractivity contribution in [2.24, 2.45) is 17.6 Å². The molecular formula is C15H23ClN4O. The molecule has 0 aromatic carbocycles. The second-order valence-electron chi connectivity index (χ2n) is 6.30. The molecule has 2 heterocycles. The second-order valence-corrected chi connectivity index (χ2v) is 6.71. The maximum absolute atomic E-state index is 12.7. The maximum Gasteiger partial charge on any atom is 0.291 e. The van der Waals surface area contributed by atoms with Gasteiger partial charge in [-0.25, -0.2) is 4.68 Å². The van der Waals surface area contributed by atoms with Crippen LogP contribution in [0.5, 0.6) is 0 Å². The highest BCUT2D eigenvalue weighted by molar-refractivity contribution is 6.33. The van der Waals surface area contributed by atoms with Gasteiger partial charge in [0.15, 0.2) is 0 Å². The number of piperidine rings is 1. The van der Waals surface area contributed by atoms with Crippen LogP contribution in [0.1, 0.15) is 32.1 Å². The first-order chi connectivity index (χ1) is 10.2. The predicted molar refractivity (Wildman–Crippen MR) is 84.8 cm³/mol. The van der Waals surface area contributed by atoms with Gasteiger partial charge < -0.3 is 10.6 Å². The van der Waals surface area contributed by atoms with Gasteiger partial charge in [-0.05, 0) is 50.5 Å².